The summed E-state index contributed by atoms with van der Waals surface area (Å²) in [6, 6.07) is 8.40. The summed E-state index contributed by atoms with van der Waals surface area (Å²) in [6.45, 7) is 5.67. The standard InChI is InChI=1S/C16H25N3O/c1-4-7-16(18(2)3)17-14-8-5-6-9-15(14)19-10-12-20-13-11-19/h5-6,8-9H,4,7,10-13H2,1-3H3. The zero-order valence-electron chi connectivity index (χ0n) is 12.8. The van der Waals surface area contributed by atoms with Crippen LogP contribution in [0.3, 0.4) is 0 Å². The van der Waals surface area contributed by atoms with E-state index in [1.165, 1.54) is 5.69 Å². The molecule has 1 aromatic rings. The first-order valence-electron chi connectivity index (χ1n) is 7.39. The maximum Gasteiger partial charge on any atom is 0.104 e. The molecule has 0 radical (unpaired) electrons. The number of anilines is 1. The second kappa shape index (κ2) is 7.29. The van der Waals surface area contributed by atoms with Crippen LogP contribution in [0.4, 0.5) is 11.4 Å². The Hall–Kier alpha value is -1.55. The molecule has 0 unspecified atom stereocenters. The Bertz CT molecular complexity index is 451. The molecular formula is C16H25N3O. The molecule has 0 amide bonds. The minimum atomic E-state index is 0.799. The zero-order chi connectivity index (χ0) is 14.4. The fourth-order valence-corrected chi connectivity index (χ4v) is 2.37. The number of amidine groups is 1. The largest absolute Gasteiger partial charge is 0.378 e. The van der Waals surface area contributed by atoms with Crippen LogP contribution in [-0.2, 0) is 4.74 Å². The monoisotopic (exact) mass is 275 g/mol. The third kappa shape index (κ3) is 3.73. The van der Waals surface area contributed by atoms with Gasteiger partial charge in [0.1, 0.15) is 5.84 Å². The summed E-state index contributed by atoms with van der Waals surface area (Å²) in [6.07, 6.45) is 2.11. The molecular weight excluding hydrogens is 250 g/mol. The van der Waals surface area contributed by atoms with Crippen LogP contribution in [0.15, 0.2) is 29.3 Å². The Labute approximate surface area is 122 Å². The number of rotatable bonds is 4. The molecule has 1 aliphatic heterocycles. The van der Waals surface area contributed by atoms with Crippen molar-refractivity contribution in [3.63, 3.8) is 0 Å². The summed E-state index contributed by atoms with van der Waals surface area (Å²) in [5.74, 6) is 1.13. The molecule has 20 heavy (non-hydrogen) atoms. The average Bonchev–Trinajstić information content (AvgIpc) is 2.48. The molecule has 0 spiro atoms. The highest BCUT2D eigenvalue weighted by molar-refractivity contribution is 5.86. The van der Waals surface area contributed by atoms with Crippen molar-refractivity contribution in [1.29, 1.82) is 0 Å². The van der Waals surface area contributed by atoms with Crippen LogP contribution in [0.2, 0.25) is 0 Å². The van der Waals surface area contributed by atoms with Gasteiger partial charge in [-0.15, -0.1) is 0 Å². The molecule has 0 saturated carbocycles. The van der Waals surface area contributed by atoms with E-state index in [4.69, 9.17) is 9.73 Å². The molecule has 0 aromatic heterocycles. The van der Waals surface area contributed by atoms with Crippen molar-refractivity contribution in [2.45, 2.75) is 19.8 Å². The SMILES string of the molecule is CCCC(=Nc1ccccc1N1CCOCC1)N(C)C. The number of aliphatic imine (C=N–C) groups is 1. The maximum atomic E-state index is 5.43. The minimum absolute atomic E-state index is 0.799. The zero-order valence-corrected chi connectivity index (χ0v) is 12.8. The lowest BCUT2D eigenvalue weighted by atomic mass is 10.2. The van der Waals surface area contributed by atoms with Gasteiger partial charge in [-0.05, 0) is 18.6 Å². The number of morpholine rings is 1. The molecule has 1 fully saturated rings. The van der Waals surface area contributed by atoms with Crippen LogP contribution < -0.4 is 4.90 Å². The fraction of sp³-hybridized carbons (Fsp3) is 0.562. The molecule has 0 aliphatic carbocycles. The predicted octanol–water partition coefficient (Wildman–Crippen LogP) is 2.91. The number of para-hydroxylation sites is 2. The van der Waals surface area contributed by atoms with Crippen molar-refractivity contribution < 1.29 is 4.74 Å². The van der Waals surface area contributed by atoms with Crippen LogP contribution in [0.5, 0.6) is 0 Å². The van der Waals surface area contributed by atoms with Crippen LogP contribution in [0, 0.1) is 0 Å². The van der Waals surface area contributed by atoms with Crippen LogP contribution in [0.1, 0.15) is 19.8 Å². The van der Waals surface area contributed by atoms with Gasteiger partial charge < -0.3 is 14.5 Å². The predicted molar refractivity (Wildman–Crippen MR) is 85.2 cm³/mol. The van der Waals surface area contributed by atoms with Crippen molar-refractivity contribution in [3.8, 4) is 0 Å². The van der Waals surface area contributed by atoms with Gasteiger partial charge in [-0.1, -0.05) is 19.1 Å². The van der Waals surface area contributed by atoms with E-state index in [1.54, 1.807) is 0 Å². The number of hydrogen-bond acceptors (Lipinski definition) is 3. The van der Waals surface area contributed by atoms with Crippen LogP contribution >= 0.6 is 0 Å². The van der Waals surface area contributed by atoms with Gasteiger partial charge >= 0.3 is 0 Å². The fourth-order valence-electron chi connectivity index (χ4n) is 2.37. The average molecular weight is 275 g/mol. The van der Waals surface area contributed by atoms with Gasteiger partial charge in [0.05, 0.1) is 24.6 Å². The number of benzene rings is 1. The van der Waals surface area contributed by atoms with Gasteiger partial charge in [0.2, 0.25) is 0 Å². The maximum absolute atomic E-state index is 5.43. The molecule has 1 aromatic carbocycles. The van der Waals surface area contributed by atoms with Gasteiger partial charge in [0, 0.05) is 33.6 Å². The van der Waals surface area contributed by atoms with Crippen molar-refractivity contribution in [3.05, 3.63) is 24.3 Å². The van der Waals surface area contributed by atoms with Gasteiger partial charge in [-0.3, -0.25) is 0 Å². The lowest BCUT2D eigenvalue weighted by Crippen LogP contribution is -2.36. The summed E-state index contributed by atoms with van der Waals surface area (Å²) in [7, 11) is 4.12. The normalized spacial score (nSPS) is 16.4. The van der Waals surface area contributed by atoms with Crippen molar-refractivity contribution in [2.24, 2.45) is 4.99 Å². The first kappa shape index (κ1) is 14.9. The van der Waals surface area contributed by atoms with E-state index >= 15 is 0 Å². The summed E-state index contributed by atoms with van der Waals surface area (Å²) in [5.41, 5.74) is 2.28. The van der Waals surface area contributed by atoms with Gasteiger partial charge in [-0.25, -0.2) is 4.99 Å². The van der Waals surface area contributed by atoms with E-state index in [1.807, 2.05) is 0 Å². The molecule has 0 bridgehead atoms. The molecule has 1 aliphatic rings. The smallest absolute Gasteiger partial charge is 0.104 e. The lowest BCUT2D eigenvalue weighted by Gasteiger charge is -2.30. The molecule has 4 nitrogen and oxygen atoms in total. The van der Waals surface area contributed by atoms with E-state index in [0.717, 1.165) is 50.7 Å². The molecule has 1 heterocycles. The quantitative estimate of drug-likeness (QED) is 0.625. The Morgan fingerprint density at radius 3 is 2.60 bits per heavy atom. The summed E-state index contributed by atoms with van der Waals surface area (Å²) in [4.78, 5) is 9.36. The van der Waals surface area contributed by atoms with Gasteiger partial charge in [-0.2, -0.15) is 0 Å². The third-order valence-corrected chi connectivity index (χ3v) is 3.47. The Balaban J connectivity index is 2.28. The van der Waals surface area contributed by atoms with E-state index < -0.39 is 0 Å². The van der Waals surface area contributed by atoms with Crippen molar-refractivity contribution in [2.75, 3.05) is 45.3 Å². The number of hydrogen-bond donors (Lipinski definition) is 0. The second-order valence-corrected chi connectivity index (χ2v) is 5.26. The summed E-state index contributed by atoms with van der Waals surface area (Å²) < 4.78 is 5.43. The van der Waals surface area contributed by atoms with E-state index in [-0.39, 0.29) is 0 Å². The van der Waals surface area contributed by atoms with Crippen LogP contribution in [0.25, 0.3) is 0 Å². The molecule has 110 valence electrons. The highest BCUT2D eigenvalue weighted by Gasteiger charge is 2.14. The number of nitrogens with zero attached hydrogens (tertiary/aromatic N) is 3. The highest BCUT2D eigenvalue weighted by atomic mass is 16.5. The minimum Gasteiger partial charge on any atom is -0.378 e. The molecule has 0 N–H and O–H groups in total. The van der Waals surface area contributed by atoms with E-state index in [2.05, 4.69) is 55.1 Å². The van der Waals surface area contributed by atoms with Crippen molar-refractivity contribution >= 4 is 17.2 Å². The van der Waals surface area contributed by atoms with Gasteiger partial charge in [0.15, 0.2) is 0 Å². The molecule has 1 saturated heterocycles. The van der Waals surface area contributed by atoms with Gasteiger partial charge in [0.25, 0.3) is 0 Å². The first-order valence-corrected chi connectivity index (χ1v) is 7.39. The third-order valence-electron chi connectivity index (χ3n) is 3.47. The summed E-state index contributed by atoms with van der Waals surface area (Å²) >= 11 is 0. The Morgan fingerprint density at radius 1 is 1.25 bits per heavy atom. The van der Waals surface area contributed by atoms with Crippen molar-refractivity contribution in [1.82, 2.24) is 4.90 Å². The van der Waals surface area contributed by atoms with Crippen LogP contribution in [-0.4, -0.2) is 51.1 Å². The number of ether oxygens (including phenoxy) is 1. The molecule has 0 atom stereocenters. The van der Waals surface area contributed by atoms with E-state index in [9.17, 15) is 0 Å². The second-order valence-electron chi connectivity index (χ2n) is 5.26. The topological polar surface area (TPSA) is 28.1 Å². The Morgan fingerprint density at radius 2 is 1.95 bits per heavy atom. The first-order chi connectivity index (χ1) is 9.72. The highest BCUT2D eigenvalue weighted by Crippen LogP contribution is 2.29. The lowest BCUT2D eigenvalue weighted by molar-refractivity contribution is 0.123. The Kier molecular flexibility index (Phi) is 5.41. The summed E-state index contributed by atoms with van der Waals surface area (Å²) in [5, 5.41) is 0. The van der Waals surface area contributed by atoms with E-state index in [0.29, 0.717) is 0 Å². The molecule has 4 heteroatoms. The molecule has 2 rings (SSSR count).